The van der Waals surface area contributed by atoms with Gasteiger partial charge in [-0.05, 0) is 23.3 Å². The van der Waals surface area contributed by atoms with Crippen LogP contribution in [0.4, 0.5) is 0 Å². The fourth-order valence-corrected chi connectivity index (χ4v) is 2.68. The molecule has 0 aliphatic carbocycles. The lowest BCUT2D eigenvalue weighted by Crippen LogP contribution is -2.15. The molecule has 0 aliphatic rings. The summed E-state index contributed by atoms with van der Waals surface area (Å²) in [5.41, 5.74) is 3.06. The van der Waals surface area contributed by atoms with Gasteiger partial charge in [-0.3, -0.25) is 4.79 Å². The van der Waals surface area contributed by atoms with Gasteiger partial charge in [-0.25, -0.2) is 0 Å². The van der Waals surface area contributed by atoms with Crippen molar-refractivity contribution in [3.8, 4) is 23.1 Å². The van der Waals surface area contributed by atoms with E-state index < -0.39 is 0 Å². The van der Waals surface area contributed by atoms with Gasteiger partial charge in [0.05, 0.1) is 18.4 Å². The molecule has 1 N–H and O–H groups in total. The Kier molecular flexibility index (Phi) is 4.44. The van der Waals surface area contributed by atoms with E-state index in [-0.39, 0.29) is 5.56 Å². The summed E-state index contributed by atoms with van der Waals surface area (Å²) in [4.78, 5) is 15.3. The first-order valence-electron chi connectivity index (χ1n) is 7.56. The lowest BCUT2D eigenvalue weighted by atomic mass is 10.0. The van der Waals surface area contributed by atoms with E-state index in [0.29, 0.717) is 23.2 Å². The van der Waals surface area contributed by atoms with Crippen LogP contribution in [-0.4, -0.2) is 12.1 Å². The summed E-state index contributed by atoms with van der Waals surface area (Å²) in [6, 6.07) is 20.8. The Morgan fingerprint density at radius 2 is 1.75 bits per heavy atom. The lowest BCUT2D eigenvalue weighted by Gasteiger charge is -2.10. The summed E-state index contributed by atoms with van der Waals surface area (Å²) in [5, 5.41) is 9.47. The Labute approximate surface area is 140 Å². The van der Waals surface area contributed by atoms with Crippen LogP contribution in [0.5, 0.6) is 5.75 Å². The Morgan fingerprint density at radius 3 is 2.46 bits per heavy atom. The van der Waals surface area contributed by atoms with Crippen LogP contribution < -0.4 is 10.3 Å². The van der Waals surface area contributed by atoms with E-state index in [1.165, 1.54) is 0 Å². The number of H-pyrrole nitrogens is 1. The highest BCUT2D eigenvalue weighted by Gasteiger charge is 2.12. The van der Waals surface area contributed by atoms with Crippen molar-refractivity contribution in [2.75, 3.05) is 7.11 Å². The molecule has 24 heavy (non-hydrogen) atoms. The van der Waals surface area contributed by atoms with Gasteiger partial charge in [-0.2, -0.15) is 5.26 Å². The molecule has 3 rings (SSSR count). The molecule has 1 heterocycles. The Bertz CT molecular complexity index is 953. The molecule has 0 atom stereocenters. The number of hydrogen-bond donors (Lipinski definition) is 1. The van der Waals surface area contributed by atoms with Crippen molar-refractivity contribution in [2.24, 2.45) is 0 Å². The third kappa shape index (κ3) is 3.06. The molecule has 0 bridgehead atoms. The van der Waals surface area contributed by atoms with Gasteiger partial charge >= 0.3 is 0 Å². The molecule has 0 aliphatic heterocycles. The fraction of sp³-hybridized carbons (Fsp3) is 0.100. The minimum absolute atomic E-state index is 0.196. The smallest absolute Gasteiger partial charge is 0.252 e. The first kappa shape index (κ1) is 15.6. The zero-order valence-electron chi connectivity index (χ0n) is 13.2. The maximum Gasteiger partial charge on any atom is 0.252 e. The van der Waals surface area contributed by atoms with Crippen molar-refractivity contribution in [1.29, 1.82) is 5.26 Å². The maximum atomic E-state index is 12.5. The maximum absolute atomic E-state index is 12.5. The van der Waals surface area contributed by atoms with Crippen LogP contribution in [0.2, 0.25) is 0 Å². The molecule has 0 unspecified atom stereocenters. The summed E-state index contributed by atoms with van der Waals surface area (Å²) < 4.78 is 5.33. The van der Waals surface area contributed by atoms with Gasteiger partial charge in [0, 0.05) is 12.0 Å². The van der Waals surface area contributed by atoms with Crippen molar-refractivity contribution in [3.05, 3.63) is 87.7 Å². The molecule has 2 aromatic carbocycles. The largest absolute Gasteiger partial charge is 0.496 e. The van der Waals surface area contributed by atoms with Crippen LogP contribution in [0.1, 0.15) is 16.7 Å². The van der Waals surface area contributed by atoms with E-state index in [1.54, 1.807) is 13.2 Å². The molecule has 0 fully saturated rings. The first-order chi connectivity index (χ1) is 11.7. The average Bonchev–Trinajstić information content (AvgIpc) is 2.64. The van der Waals surface area contributed by atoms with Crippen LogP contribution in [0.25, 0.3) is 11.3 Å². The van der Waals surface area contributed by atoms with Crippen molar-refractivity contribution in [3.63, 3.8) is 0 Å². The molecule has 1 aromatic heterocycles. The normalized spacial score (nSPS) is 10.2. The van der Waals surface area contributed by atoms with E-state index in [1.807, 2.05) is 54.6 Å². The lowest BCUT2D eigenvalue weighted by molar-refractivity contribution is 0.410. The minimum Gasteiger partial charge on any atom is -0.496 e. The standard InChI is InChI=1S/C20H16N2O2/c1-24-18-10-6-5-9-15(18)11-16-12-17(13-21)19(22-20(16)23)14-7-3-2-4-8-14/h2-10,12H,11H2,1H3,(H,22,23). The third-order valence-corrected chi connectivity index (χ3v) is 3.87. The van der Waals surface area contributed by atoms with E-state index >= 15 is 0 Å². The molecule has 3 aromatic rings. The number of rotatable bonds is 4. The highest BCUT2D eigenvalue weighted by molar-refractivity contribution is 5.66. The van der Waals surface area contributed by atoms with Gasteiger partial charge in [-0.1, -0.05) is 48.5 Å². The summed E-state index contributed by atoms with van der Waals surface area (Å²) in [7, 11) is 1.60. The van der Waals surface area contributed by atoms with Crippen LogP contribution >= 0.6 is 0 Å². The van der Waals surface area contributed by atoms with E-state index in [9.17, 15) is 10.1 Å². The molecule has 4 nitrogen and oxygen atoms in total. The molecular formula is C20H16N2O2. The van der Waals surface area contributed by atoms with Crippen molar-refractivity contribution in [1.82, 2.24) is 4.98 Å². The van der Waals surface area contributed by atoms with E-state index in [4.69, 9.17) is 4.74 Å². The second-order valence-corrected chi connectivity index (χ2v) is 5.38. The number of nitrogens with zero attached hydrogens (tertiary/aromatic N) is 1. The molecule has 0 saturated carbocycles. The SMILES string of the molecule is COc1ccccc1Cc1cc(C#N)c(-c2ccccc2)[nH]c1=O. The topological polar surface area (TPSA) is 65.9 Å². The number of aromatic nitrogens is 1. The number of aromatic amines is 1. The fourth-order valence-electron chi connectivity index (χ4n) is 2.68. The van der Waals surface area contributed by atoms with Crippen LogP contribution in [0.15, 0.2) is 65.5 Å². The van der Waals surface area contributed by atoms with Gasteiger partial charge < -0.3 is 9.72 Å². The highest BCUT2D eigenvalue weighted by Crippen LogP contribution is 2.23. The third-order valence-electron chi connectivity index (χ3n) is 3.87. The monoisotopic (exact) mass is 316 g/mol. The molecule has 118 valence electrons. The van der Waals surface area contributed by atoms with Crippen molar-refractivity contribution < 1.29 is 4.74 Å². The number of pyridine rings is 1. The van der Waals surface area contributed by atoms with Gasteiger partial charge in [0.1, 0.15) is 11.8 Å². The summed E-state index contributed by atoms with van der Waals surface area (Å²) in [6.07, 6.45) is 0.406. The Hall–Kier alpha value is -3.32. The number of hydrogen-bond acceptors (Lipinski definition) is 3. The minimum atomic E-state index is -0.196. The number of ether oxygens (including phenoxy) is 1. The molecule has 0 spiro atoms. The van der Waals surface area contributed by atoms with Crippen molar-refractivity contribution >= 4 is 0 Å². The van der Waals surface area contributed by atoms with Crippen molar-refractivity contribution in [2.45, 2.75) is 6.42 Å². The Balaban J connectivity index is 2.05. The number of nitriles is 1. The van der Waals surface area contributed by atoms with Crippen LogP contribution in [0.3, 0.4) is 0 Å². The zero-order chi connectivity index (χ0) is 16.9. The van der Waals surface area contributed by atoms with E-state index in [0.717, 1.165) is 16.9 Å². The Morgan fingerprint density at radius 1 is 1.04 bits per heavy atom. The predicted octanol–water partition coefficient (Wildman–Crippen LogP) is 3.51. The molecule has 0 amide bonds. The first-order valence-corrected chi connectivity index (χ1v) is 7.56. The van der Waals surface area contributed by atoms with Gasteiger partial charge in [0.25, 0.3) is 5.56 Å². The van der Waals surface area contributed by atoms with Gasteiger partial charge in [0.15, 0.2) is 0 Å². The predicted molar refractivity (Wildman–Crippen MR) is 93.0 cm³/mol. The second-order valence-electron chi connectivity index (χ2n) is 5.38. The summed E-state index contributed by atoms with van der Waals surface area (Å²) in [6.45, 7) is 0. The molecule has 4 heteroatoms. The van der Waals surface area contributed by atoms with Gasteiger partial charge in [-0.15, -0.1) is 0 Å². The average molecular weight is 316 g/mol. The second kappa shape index (κ2) is 6.84. The molecular weight excluding hydrogens is 300 g/mol. The quantitative estimate of drug-likeness (QED) is 0.801. The summed E-state index contributed by atoms with van der Waals surface area (Å²) in [5.74, 6) is 0.725. The number of methoxy groups -OCH3 is 1. The molecule has 0 saturated heterocycles. The molecule has 0 radical (unpaired) electrons. The van der Waals surface area contributed by atoms with Gasteiger partial charge in [0.2, 0.25) is 0 Å². The highest BCUT2D eigenvalue weighted by atomic mass is 16.5. The summed E-state index contributed by atoms with van der Waals surface area (Å²) >= 11 is 0. The number of benzene rings is 2. The zero-order valence-corrected chi connectivity index (χ0v) is 13.2. The van der Waals surface area contributed by atoms with E-state index in [2.05, 4.69) is 11.1 Å². The number of para-hydroxylation sites is 1. The van der Waals surface area contributed by atoms with Crippen LogP contribution in [-0.2, 0) is 6.42 Å². The number of nitrogens with one attached hydrogen (secondary N) is 1. The van der Waals surface area contributed by atoms with Crippen LogP contribution in [0, 0.1) is 11.3 Å².